The minimum Gasteiger partial charge on any atom is -0.220 e. The SMILES string of the molecule is CCS(CC)(C1C(C)=Cc2c1cc(Br)c1c2CCCC1)C1C(C)=Cc2c1cc(Br)c1c2CCCC1. The summed E-state index contributed by atoms with van der Waals surface area (Å²) in [5.41, 5.74) is 16.2. The third kappa shape index (κ3) is 3.57. The van der Waals surface area contributed by atoms with Gasteiger partial charge in [-0.15, -0.1) is 0 Å². The summed E-state index contributed by atoms with van der Waals surface area (Å²) in [4.78, 5) is 0. The van der Waals surface area contributed by atoms with E-state index in [1.165, 1.54) is 71.8 Å². The number of fused-ring (bicyclic) bond motifs is 6. The number of hydrogen-bond acceptors (Lipinski definition) is 0. The average Bonchev–Trinajstić information content (AvgIpc) is 3.38. The molecule has 0 saturated carbocycles. The zero-order valence-electron chi connectivity index (χ0n) is 21.7. The molecule has 6 rings (SSSR count). The van der Waals surface area contributed by atoms with E-state index in [-0.39, 0.29) is 0 Å². The fraction of sp³-hybridized carbons (Fsp3) is 0.500. The van der Waals surface area contributed by atoms with Gasteiger partial charge in [-0.2, -0.15) is 0 Å². The third-order valence-electron chi connectivity index (χ3n) is 9.50. The van der Waals surface area contributed by atoms with Crippen LogP contribution < -0.4 is 0 Å². The van der Waals surface area contributed by atoms with Gasteiger partial charge < -0.3 is 0 Å². The summed E-state index contributed by atoms with van der Waals surface area (Å²) in [5, 5.41) is 1.12. The van der Waals surface area contributed by atoms with Crippen LogP contribution in [0.15, 0.2) is 32.2 Å². The summed E-state index contributed by atoms with van der Waals surface area (Å²) >= 11 is 8.07. The van der Waals surface area contributed by atoms with Gasteiger partial charge in [-0.1, -0.05) is 69.0 Å². The maximum absolute atomic E-state index is 4.03. The van der Waals surface area contributed by atoms with E-state index in [0.29, 0.717) is 10.5 Å². The van der Waals surface area contributed by atoms with Gasteiger partial charge in [0.25, 0.3) is 0 Å². The molecule has 186 valence electrons. The Morgan fingerprint density at radius 2 is 1.03 bits per heavy atom. The highest BCUT2D eigenvalue weighted by molar-refractivity contribution is 9.10. The molecule has 4 aliphatic carbocycles. The molecule has 2 atom stereocenters. The first-order chi connectivity index (χ1) is 16.9. The van der Waals surface area contributed by atoms with Crippen LogP contribution in [-0.4, -0.2) is 11.5 Å². The van der Waals surface area contributed by atoms with Gasteiger partial charge in [0.05, 0.1) is 0 Å². The van der Waals surface area contributed by atoms with Gasteiger partial charge in [-0.3, -0.25) is 0 Å². The molecule has 0 heterocycles. The zero-order valence-corrected chi connectivity index (χ0v) is 25.7. The van der Waals surface area contributed by atoms with Crippen LogP contribution in [0.3, 0.4) is 0 Å². The lowest BCUT2D eigenvalue weighted by atomic mass is 9.87. The molecule has 2 aromatic carbocycles. The molecule has 0 amide bonds. The fourth-order valence-corrected chi connectivity index (χ4v) is 14.4. The highest BCUT2D eigenvalue weighted by Crippen LogP contribution is 2.76. The summed E-state index contributed by atoms with van der Waals surface area (Å²) in [7, 11) is -1.02. The van der Waals surface area contributed by atoms with Crippen LogP contribution in [0.1, 0.15) is 108 Å². The average molecular weight is 615 g/mol. The van der Waals surface area contributed by atoms with E-state index in [1.54, 1.807) is 55.7 Å². The first-order valence-electron chi connectivity index (χ1n) is 13.7. The van der Waals surface area contributed by atoms with E-state index in [2.05, 4.69) is 83.8 Å². The van der Waals surface area contributed by atoms with Crippen LogP contribution >= 0.6 is 41.9 Å². The summed E-state index contributed by atoms with van der Waals surface area (Å²) < 4.78 is 2.74. The number of rotatable bonds is 4. The third-order valence-corrected chi connectivity index (χ3v) is 16.2. The predicted molar refractivity (Wildman–Crippen MR) is 163 cm³/mol. The quantitative estimate of drug-likeness (QED) is 0.322. The van der Waals surface area contributed by atoms with Gasteiger partial charge >= 0.3 is 0 Å². The highest BCUT2D eigenvalue weighted by Gasteiger charge is 2.46. The summed E-state index contributed by atoms with van der Waals surface area (Å²) in [6.07, 6.45) is 15.5. The molecule has 2 unspecified atom stereocenters. The second-order valence-corrected chi connectivity index (χ2v) is 17.0. The molecule has 3 heteroatoms. The van der Waals surface area contributed by atoms with Crippen molar-refractivity contribution in [2.75, 3.05) is 11.5 Å². The Morgan fingerprint density at radius 1 is 0.657 bits per heavy atom. The molecular weight excluding hydrogens is 576 g/mol. The number of hydrogen-bond donors (Lipinski definition) is 0. The predicted octanol–water partition coefficient (Wildman–Crippen LogP) is 10.4. The van der Waals surface area contributed by atoms with Crippen molar-refractivity contribution in [3.8, 4) is 0 Å². The number of halogens is 2. The molecule has 0 nitrogen and oxygen atoms in total. The topological polar surface area (TPSA) is 0 Å². The van der Waals surface area contributed by atoms with Crippen molar-refractivity contribution in [3.05, 3.63) is 76.7 Å². The van der Waals surface area contributed by atoms with Crippen LogP contribution in [0.2, 0.25) is 0 Å². The summed E-state index contributed by atoms with van der Waals surface area (Å²) in [6.45, 7) is 9.88. The zero-order chi connectivity index (χ0) is 24.5. The van der Waals surface area contributed by atoms with E-state index in [1.807, 2.05) is 0 Å². The van der Waals surface area contributed by atoms with Crippen LogP contribution in [0.4, 0.5) is 0 Å². The van der Waals surface area contributed by atoms with Gasteiger partial charge in [-0.25, -0.2) is 10.0 Å². The molecule has 0 fully saturated rings. The first-order valence-corrected chi connectivity index (χ1v) is 17.4. The minimum absolute atomic E-state index is 0.560. The monoisotopic (exact) mass is 612 g/mol. The highest BCUT2D eigenvalue weighted by atomic mass is 79.9. The van der Waals surface area contributed by atoms with Crippen molar-refractivity contribution in [2.45, 2.75) is 89.6 Å². The van der Waals surface area contributed by atoms with Gasteiger partial charge in [0.15, 0.2) is 0 Å². The van der Waals surface area contributed by atoms with Crippen molar-refractivity contribution >= 4 is 54.0 Å². The second-order valence-electron chi connectivity index (χ2n) is 11.2. The van der Waals surface area contributed by atoms with Crippen LogP contribution in [0, 0.1) is 0 Å². The molecule has 0 N–H and O–H groups in total. The molecule has 0 aromatic heterocycles. The van der Waals surface area contributed by atoms with Gasteiger partial charge in [-0.05, 0) is 133 Å². The molecule has 0 radical (unpaired) electrons. The van der Waals surface area contributed by atoms with Crippen LogP contribution in [0.5, 0.6) is 0 Å². The number of benzene rings is 2. The smallest absolute Gasteiger partial charge is 0.0366 e. The van der Waals surface area contributed by atoms with E-state index in [0.717, 1.165) is 0 Å². The van der Waals surface area contributed by atoms with E-state index < -0.39 is 10.0 Å². The summed E-state index contributed by atoms with van der Waals surface area (Å²) in [5.74, 6) is 2.55. The molecule has 0 saturated heterocycles. The van der Waals surface area contributed by atoms with Crippen molar-refractivity contribution < 1.29 is 0 Å². The lowest BCUT2D eigenvalue weighted by molar-refractivity contribution is 0.681. The van der Waals surface area contributed by atoms with Gasteiger partial charge in [0, 0.05) is 19.4 Å². The Kier molecular flexibility index (Phi) is 6.46. The lowest BCUT2D eigenvalue weighted by Gasteiger charge is -2.51. The van der Waals surface area contributed by atoms with E-state index >= 15 is 0 Å². The molecule has 4 aliphatic rings. The fourth-order valence-electron chi connectivity index (χ4n) is 8.01. The largest absolute Gasteiger partial charge is 0.220 e. The Balaban J connectivity index is 1.54. The maximum atomic E-state index is 4.03. The standard InChI is InChI=1S/C32H38Br2S/c1-5-35(6-2,31-19(3)15-25-21-11-7-9-13-23(21)29(33)17-27(25)31)32-20(4)16-26-22-12-8-10-14-24(22)30(34)18-28(26)32/h15-18,31-32H,5-14H2,1-4H3. The normalized spacial score (nSPS) is 23.3. The van der Waals surface area contributed by atoms with E-state index in [4.69, 9.17) is 0 Å². The van der Waals surface area contributed by atoms with Crippen LogP contribution in [0.25, 0.3) is 12.2 Å². The molecule has 0 aliphatic heterocycles. The van der Waals surface area contributed by atoms with Crippen LogP contribution in [-0.2, 0) is 25.7 Å². The first kappa shape index (κ1) is 24.6. The van der Waals surface area contributed by atoms with E-state index in [9.17, 15) is 0 Å². The van der Waals surface area contributed by atoms with Crippen molar-refractivity contribution in [3.63, 3.8) is 0 Å². The van der Waals surface area contributed by atoms with Crippen molar-refractivity contribution in [1.29, 1.82) is 0 Å². The Labute approximate surface area is 230 Å². The van der Waals surface area contributed by atoms with Crippen molar-refractivity contribution in [1.82, 2.24) is 0 Å². The molecule has 0 bridgehead atoms. The maximum Gasteiger partial charge on any atom is 0.0366 e. The Hall–Kier alpha value is -0.770. The Morgan fingerprint density at radius 3 is 1.40 bits per heavy atom. The molecule has 2 aromatic rings. The lowest BCUT2D eigenvalue weighted by Crippen LogP contribution is -2.23. The van der Waals surface area contributed by atoms with Gasteiger partial charge in [0.1, 0.15) is 0 Å². The minimum atomic E-state index is -1.02. The van der Waals surface area contributed by atoms with Crippen molar-refractivity contribution in [2.24, 2.45) is 0 Å². The molecular formula is C32H38Br2S. The molecule has 0 spiro atoms. The van der Waals surface area contributed by atoms with Gasteiger partial charge in [0.2, 0.25) is 0 Å². The molecule has 35 heavy (non-hydrogen) atoms. The summed E-state index contributed by atoms with van der Waals surface area (Å²) in [6, 6.07) is 5.09. The Bertz CT molecular complexity index is 1180. The second kappa shape index (κ2) is 9.21.